The van der Waals surface area contributed by atoms with Crippen LogP contribution >= 0.6 is 0 Å². The van der Waals surface area contributed by atoms with Crippen LogP contribution in [0.2, 0.25) is 0 Å². The molecule has 0 spiro atoms. The maximum absolute atomic E-state index is 13.2. The van der Waals surface area contributed by atoms with Crippen LogP contribution in [0.3, 0.4) is 0 Å². The van der Waals surface area contributed by atoms with Crippen LogP contribution in [0.15, 0.2) is 65.9 Å². The number of Topliss-reactive ketones (excluding diaryl/α,β-unsaturated/α-hetero) is 1. The molecule has 0 fully saturated rings. The molecule has 0 amide bonds. The summed E-state index contributed by atoms with van der Waals surface area (Å²) in [6, 6.07) is 14.4. The molecule has 1 aromatic heterocycles. The van der Waals surface area contributed by atoms with Gasteiger partial charge in [0, 0.05) is 11.3 Å². The standard InChI is InChI=1S/C22H16F3N5O3/c1-13(27)17(11-26)18(31)12-33-21(32)19-28-20(14-6-3-2-4-7-14)30(29-19)16-9-5-8-15(10-16)22(23,24)25/h2-10H,12,27H2,1H3. The maximum Gasteiger partial charge on any atom is 0.416 e. The normalized spacial score (nSPS) is 12.0. The number of esters is 1. The lowest BCUT2D eigenvalue weighted by molar-refractivity contribution is -0.137. The van der Waals surface area contributed by atoms with Crippen LogP contribution in [0.1, 0.15) is 23.1 Å². The molecule has 3 aromatic rings. The highest BCUT2D eigenvalue weighted by atomic mass is 19.4. The molecule has 1 heterocycles. The van der Waals surface area contributed by atoms with E-state index in [0.717, 1.165) is 16.8 Å². The zero-order valence-electron chi connectivity index (χ0n) is 17.1. The Labute approximate surface area is 185 Å². The third-order valence-electron chi connectivity index (χ3n) is 4.36. The summed E-state index contributed by atoms with van der Waals surface area (Å²) in [5, 5.41) is 13.0. The third-order valence-corrected chi connectivity index (χ3v) is 4.36. The van der Waals surface area contributed by atoms with Crippen molar-refractivity contribution in [3.63, 3.8) is 0 Å². The summed E-state index contributed by atoms with van der Waals surface area (Å²) >= 11 is 0. The van der Waals surface area contributed by atoms with Crippen LogP contribution in [-0.2, 0) is 15.7 Å². The van der Waals surface area contributed by atoms with Gasteiger partial charge in [0.1, 0.15) is 11.6 Å². The van der Waals surface area contributed by atoms with E-state index >= 15 is 0 Å². The first-order chi connectivity index (χ1) is 15.6. The minimum absolute atomic E-state index is 0.0137. The van der Waals surface area contributed by atoms with Crippen molar-refractivity contribution in [2.24, 2.45) is 5.73 Å². The first-order valence-electron chi connectivity index (χ1n) is 9.38. The number of ketones is 1. The minimum atomic E-state index is -4.58. The van der Waals surface area contributed by atoms with E-state index in [1.807, 2.05) is 0 Å². The Bertz CT molecular complexity index is 1270. The fraction of sp³-hybridized carbons (Fsp3) is 0.136. The van der Waals surface area contributed by atoms with Crippen molar-refractivity contribution in [1.29, 1.82) is 5.26 Å². The molecule has 0 aliphatic carbocycles. The Morgan fingerprint density at radius 2 is 1.85 bits per heavy atom. The Hall–Kier alpha value is -4.46. The van der Waals surface area contributed by atoms with Crippen molar-refractivity contribution in [1.82, 2.24) is 14.8 Å². The van der Waals surface area contributed by atoms with Crippen LogP contribution in [0.4, 0.5) is 13.2 Å². The second kappa shape index (κ2) is 9.35. The molecule has 0 radical (unpaired) electrons. The summed E-state index contributed by atoms with van der Waals surface area (Å²) in [5.74, 6) is -2.31. The first kappa shape index (κ1) is 23.2. The first-order valence-corrected chi connectivity index (χ1v) is 9.38. The highest BCUT2D eigenvalue weighted by molar-refractivity contribution is 6.01. The largest absolute Gasteiger partial charge is 0.451 e. The third kappa shape index (κ3) is 5.24. The van der Waals surface area contributed by atoms with Gasteiger partial charge < -0.3 is 10.5 Å². The molecule has 0 bridgehead atoms. The van der Waals surface area contributed by atoms with Crippen molar-refractivity contribution in [2.45, 2.75) is 13.1 Å². The molecule has 0 saturated carbocycles. The predicted octanol–water partition coefficient (Wildman–Crippen LogP) is 3.44. The van der Waals surface area contributed by atoms with Crippen LogP contribution in [0, 0.1) is 11.3 Å². The second-order valence-electron chi connectivity index (χ2n) is 6.75. The Kier molecular flexibility index (Phi) is 6.58. The number of hydrogen-bond donors (Lipinski definition) is 1. The summed E-state index contributed by atoms with van der Waals surface area (Å²) in [7, 11) is 0. The minimum Gasteiger partial charge on any atom is -0.451 e. The van der Waals surface area contributed by atoms with Crippen LogP contribution < -0.4 is 5.73 Å². The molecule has 0 aliphatic heterocycles. The van der Waals surface area contributed by atoms with E-state index in [1.165, 1.54) is 19.1 Å². The van der Waals surface area contributed by atoms with Gasteiger partial charge in [0.2, 0.25) is 5.78 Å². The number of nitrogens with zero attached hydrogens (tertiary/aromatic N) is 4. The fourth-order valence-corrected chi connectivity index (χ4v) is 2.80. The van der Waals surface area contributed by atoms with Crippen molar-refractivity contribution < 1.29 is 27.5 Å². The molecule has 168 valence electrons. The quantitative estimate of drug-likeness (QED) is 0.343. The number of nitrogens with two attached hydrogens (primary N) is 1. The number of carbonyl (C=O) groups is 2. The molecule has 2 aromatic carbocycles. The summed E-state index contributed by atoms with van der Waals surface area (Å²) in [6.45, 7) is 0.567. The number of ether oxygens (including phenoxy) is 1. The average molecular weight is 455 g/mol. The van der Waals surface area contributed by atoms with Gasteiger partial charge >= 0.3 is 12.1 Å². The number of allylic oxidation sites excluding steroid dienone is 1. The van der Waals surface area contributed by atoms with Crippen LogP contribution in [0.25, 0.3) is 17.1 Å². The molecule has 8 nitrogen and oxygen atoms in total. The van der Waals surface area contributed by atoms with Gasteiger partial charge in [-0.15, -0.1) is 5.10 Å². The van der Waals surface area contributed by atoms with Crippen molar-refractivity contribution in [3.8, 4) is 23.1 Å². The molecule has 3 rings (SSSR count). The molecule has 11 heteroatoms. The highest BCUT2D eigenvalue weighted by Crippen LogP contribution is 2.31. The Morgan fingerprint density at radius 3 is 2.45 bits per heavy atom. The second-order valence-corrected chi connectivity index (χ2v) is 6.75. The average Bonchev–Trinajstić information content (AvgIpc) is 3.23. The van der Waals surface area contributed by atoms with Crippen molar-refractivity contribution in [3.05, 3.63) is 77.3 Å². The molecule has 0 aliphatic rings. The summed E-state index contributed by atoms with van der Waals surface area (Å²) in [4.78, 5) is 28.6. The van der Waals surface area contributed by atoms with E-state index in [4.69, 9.17) is 15.7 Å². The SMILES string of the molecule is CC(N)=C(C#N)C(=O)COC(=O)c1nc(-c2ccccc2)n(-c2cccc(C(F)(F)F)c2)n1. The Balaban J connectivity index is 1.98. The number of nitriles is 1. The van der Waals surface area contributed by atoms with E-state index < -0.39 is 35.9 Å². The van der Waals surface area contributed by atoms with E-state index in [0.29, 0.717) is 5.56 Å². The van der Waals surface area contributed by atoms with Gasteiger partial charge in [-0.2, -0.15) is 18.4 Å². The topological polar surface area (TPSA) is 124 Å². The molecular formula is C22H16F3N5O3. The lowest BCUT2D eigenvalue weighted by atomic mass is 10.1. The number of halogens is 3. The Morgan fingerprint density at radius 1 is 1.15 bits per heavy atom. The highest BCUT2D eigenvalue weighted by Gasteiger charge is 2.31. The number of benzene rings is 2. The molecule has 2 N–H and O–H groups in total. The van der Waals surface area contributed by atoms with Gasteiger partial charge in [-0.05, 0) is 25.1 Å². The van der Waals surface area contributed by atoms with Gasteiger partial charge in [0.05, 0.1) is 11.3 Å². The summed E-state index contributed by atoms with van der Waals surface area (Å²) in [5.41, 5.74) is 4.65. The van der Waals surface area contributed by atoms with Gasteiger partial charge in [0.15, 0.2) is 12.4 Å². The number of alkyl halides is 3. The number of rotatable bonds is 6. The lowest BCUT2D eigenvalue weighted by Crippen LogP contribution is -2.18. The molecule has 0 atom stereocenters. The molecule has 0 unspecified atom stereocenters. The number of carbonyl (C=O) groups excluding carboxylic acids is 2. The lowest BCUT2D eigenvalue weighted by Gasteiger charge is -2.10. The predicted molar refractivity (Wildman–Crippen MR) is 110 cm³/mol. The van der Waals surface area contributed by atoms with Crippen LogP contribution in [-0.4, -0.2) is 33.1 Å². The van der Waals surface area contributed by atoms with E-state index in [-0.39, 0.29) is 22.8 Å². The molecule has 33 heavy (non-hydrogen) atoms. The van der Waals surface area contributed by atoms with Crippen molar-refractivity contribution >= 4 is 11.8 Å². The van der Waals surface area contributed by atoms with Gasteiger partial charge in [0.25, 0.3) is 5.82 Å². The van der Waals surface area contributed by atoms with E-state index in [2.05, 4.69) is 10.1 Å². The van der Waals surface area contributed by atoms with Gasteiger partial charge in [-0.1, -0.05) is 36.4 Å². The summed E-state index contributed by atoms with van der Waals surface area (Å²) < 4.78 is 45.5. The zero-order valence-corrected chi connectivity index (χ0v) is 17.1. The smallest absolute Gasteiger partial charge is 0.416 e. The van der Waals surface area contributed by atoms with Gasteiger partial charge in [-0.25, -0.2) is 14.5 Å². The molecular weight excluding hydrogens is 439 g/mol. The number of aromatic nitrogens is 3. The number of hydrogen-bond acceptors (Lipinski definition) is 7. The van der Waals surface area contributed by atoms with E-state index in [1.54, 1.807) is 36.4 Å². The van der Waals surface area contributed by atoms with Crippen molar-refractivity contribution in [2.75, 3.05) is 6.61 Å². The fourth-order valence-electron chi connectivity index (χ4n) is 2.80. The molecule has 0 saturated heterocycles. The monoisotopic (exact) mass is 455 g/mol. The van der Waals surface area contributed by atoms with E-state index in [9.17, 15) is 22.8 Å². The van der Waals surface area contributed by atoms with Crippen LogP contribution in [0.5, 0.6) is 0 Å². The summed E-state index contributed by atoms with van der Waals surface area (Å²) in [6.07, 6.45) is -4.58. The zero-order chi connectivity index (χ0) is 24.2. The maximum atomic E-state index is 13.2. The van der Waals surface area contributed by atoms with Gasteiger partial charge in [-0.3, -0.25) is 4.79 Å².